The number of benzene rings is 1. The zero-order valence-corrected chi connectivity index (χ0v) is 12.1. The second kappa shape index (κ2) is 4.09. The summed E-state index contributed by atoms with van der Waals surface area (Å²) in [6, 6.07) is 7.93. The molecule has 0 amide bonds. The summed E-state index contributed by atoms with van der Waals surface area (Å²) < 4.78 is 0. The monoisotopic (exact) mass is 257 g/mol. The van der Waals surface area contributed by atoms with Gasteiger partial charge in [-0.15, -0.1) is 0 Å². The Bertz CT molecular complexity index is 504. The second-order valence-corrected chi connectivity index (χ2v) is 7.22. The minimum Gasteiger partial charge on any atom is -0.372 e. The second-order valence-electron chi connectivity index (χ2n) is 7.22. The maximum absolute atomic E-state index is 12.7. The number of hydrogen-bond acceptors (Lipinski definition) is 2. The van der Waals surface area contributed by atoms with Crippen molar-refractivity contribution in [2.45, 2.75) is 52.0 Å². The number of nitrogens with one attached hydrogen (secondary N) is 1. The van der Waals surface area contributed by atoms with Crippen LogP contribution in [0.15, 0.2) is 24.3 Å². The summed E-state index contributed by atoms with van der Waals surface area (Å²) in [4.78, 5) is 12.7. The number of hydrogen-bond donors (Lipinski definition) is 1. The first-order chi connectivity index (χ1) is 8.92. The van der Waals surface area contributed by atoms with Crippen molar-refractivity contribution in [3.63, 3.8) is 0 Å². The van der Waals surface area contributed by atoms with Crippen molar-refractivity contribution < 1.29 is 4.79 Å². The van der Waals surface area contributed by atoms with Gasteiger partial charge in [-0.05, 0) is 49.1 Å². The summed E-state index contributed by atoms with van der Waals surface area (Å²) >= 11 is 0. The highest BCUT2D eigenvalue weighted by atomic mass is 16.1. The Hall–Kier alpha value is -1.31. The molecule has 1 saturated carbocycles. The van der Waals surface area contributed by atoms with Crippen LogP contribution in [0.1, 0.15) is 56.8 Å². The van der Waals surface area contributed by atoms with Crippen LogP contribution in [0.5, 0.6) is 0 Å². The van der Waals surface area contributed by atoms with Gasteiger partial charge in [0.1, 0.15) is 5.54 Å². The highest BCUT2D eigenvalue weighted by Gasteiger charge is 2.48. The van der Waals surface area contributed by atoms with Crippen molar-refractivity contribution in [3.8, 4) is 0 Å². The van der Waals surface area contributed by atoms with E-state index in [1.165, 1.54) is 0 Å². The summed E-state index contributed by atoms with van der Waals surface area (Å²) in [5.41, 5.74) is 1.97. The van der Waals surface area contributed by atoms with E-state index >= 15 is 0 Å². The van der Waals surface area contributed by atoms with E-state index in [1.54, 1.807) is 0 Å². The van der Waals surface area contributed by atoms with Gasteiger partial charge in [0.2, 0.25) is 0 Å². The van der Waals surface area contributed by atoms with Crippen LogP contribution in [0.3, 0.4) is 0 Å². The first kappa shape index (κ1) is 12.7. The van der Waals surface area contributed by atoms with Crippen LogP contribution in [-0.4, -0.2) is 11.3 Å². The van der Waals surface area contributed by atoms with E-state index in [0.29, 0.717) is 11.2 Å². The van der Waals surface area contributed by atoms with E-state index in [2.05, 4.69) is 26.1 Å². The van der Waals surface area contributed by atoms with Gasteiger partial charge < -0.3 is 5.32 Å². The molecule has 1 aromatic carbocycles. The number of Topliss-reactive ketones (excluding diaryl/α,β-unsaturated/α-hetero) is 1. The number of ketones is 1. The summed E-state index contributed by atoms with van der Waals surface area (Å²) in [6.07, 6.45) is 4.25. The lowest BCUT2D eigenvalue weighted by atomic mass is 9.66. The molecule has 2 heteroatoms. The normalized spacial score (nSPS) is 30.3. The lowest BCUT2D eigenvalue weighted by molar-refractivity contribution is 0.0810. The molecule has 1 spiro atoms. The SMILES string of the molecule is CC(C)(C)C1CCC2(CC1)Nc1ccccc1C2=O. The molecule has 0 saturated heterocycles. The zero-order valence-electron chi connectivity index (χ0n) is 12.1. The molecular formula is C17H23NO. The van der Waals surface area contributed by atoms with Crippen molar-refractivity contribution in [2.24, 2.45) is 11.3 Å². The molecule has 1 aliphatic heterocycles. The summed E-state index contributed by atoms with van der Waals surface area (Å²) in [5, 5.41) is 3.52. The smallest absolute Gasteiger partial charge is 0.190 e. The summed E-state index contributed by atoms with van der Waals surface area (Å²) in [5.74, 6) is 1.05. The van der Waals surface area contributed by atoms with Gasteiger partial charge in [-0.3, -0.25) is 4.79 Å². The van der Waals surface area contributed by atoms with E-state index in [1.807, 2.05) is 24.3 Å². The van der Waals surface area contributed by atoms with Crippen LogP contribution in [0, 0.1) is 11.3 Å². The highest BCUT2D eigenvalue weighted by molar-refractivity contribution is 6.13. The molecule has 19 heavy (non-hydrogen) atoms. The zero-order chi connectivity index (χ0) is 13.7. The van der Waals surface area contributed by atoms with Gasteiger partial charge in [-0.1, -0.05) is 32.9 Å². The van der Waals surface area contributed by atoms with Gasteiger partial charge in [0.25, 0.3) is 0 Å². The predicted molar refractivity (Wildman–Crippen MR) is 78.5 cm³/mol. The van der Waals surface area contributed by atoms with Crippen LogP contribution in [-0.2, 0) is 0 Å². The Morgan fingerprint density at radius 1 is 1.16 bits per heavy atom. The lowest BCUT2D eigenvalue weighted by Crippen LogP contribution is -2.46. The van der Waals surface area contributed by atoms with Crippen LogP contribution in [0.4, 0.5) is 5.69 Å². The molecule has 1 N–H and O–H groups in total. The van der Waals surface area contributed by atoms with Crippen molar-refractivity contribution in [1.29, 1.82) is 0 Å². The van der Waals surface area contributed by atoms with Crippen LogP contribution in [0.25, 0.3) is 0 Å². The summed E-state index contributed by atoms with van der Waals surface area (Å²) in [7, 11) is 0. The molecule has 3 rings (SSSR count). The van der Waals surface area contributed by atoms with Gasteiger partial charge in [-0.2, -0.15) is 0 Å². The predicted octanol–water partition coefficient (Wildman–Crippen LogP) is 4.27. The maximum atomic E-state index is 12.7. The van der Waals surface area contributed by atoms with Gasteiger partial charge >= 0.3 is 0 Å². The molecule has 1 heterocycles. The van der Waals surface area contributed by atoms with Crippen molar-refractivity contribution in [3.05, 3.63) is 29.8 Å². The molecule has 2 nitrogen and oxygen atoms in total. The fourth-order valence-electron chi connectivity index (χ4n) is 3.69. The fraction of sp³-hybridized carbons (Fsp3) is 0.588. The Labute approximate surface area is 115 Å². The number of fused-ring (bicyclic) bond motifs is 1. The van der Waals surface area contributed by atoms with Crippen LogP contribution >= 0.6 is 0 Å². The quantitative estimate of drug-likeness (QED) is 0.752. The molecule has 1 fully saturated rings. The minimum atomic E-state index is -0.300. The van der Waals surface area contributed by atoms with E-state index in [4.69, 9.17) is 0 Å². The Morgan fingerprint density at radius 2 is 1.79 bits per heavy atom. The third-order valence-electron chi connectivity index (χ3n) is 5.04. The molecule has 1 aromatic rings. The van der Waals surface area contributed by atoms with Crippen molar-refractivity contribution in [1.82, 2.24) is 0 Å². The Balaban J connectivity index is 1.81. The third kappa shape index (κ3) is 1.98. The maximum Gasteiger partial charge on any atom is 0.190 e. The molecule has 1 aliphatic carbocycles. The average Bonchev–Trinajstić information content (AvgIpc) is 2.63. The number of anilines is 1. The first-order valence-electron chi connectivity index (χ1n) is 7.34. The standard InChI is InChI=1S/C17H23NO/c1-16(2,3)12-8-10-17(11-9-12)15(19)13-6-4-5-7-14(13)18-17/h4-7,12,18H,8-11H2,1-3H3. The topological polar surface area (TPSA) is 29.1 Å². The van der Waals surface area contributed by atoms with Crippen LogP contribution < -0.4 is 5.32 Å². The van der Waals surface area contributed by atoms with Crippen molar-refractivity contribution in [2.75, 3.05) is 5.32 Å². The molecule has 0 atom stereocenters. The molecular weight excluding hydrogens is 234 g/mol. The molecule has 102 valence electrons. The van der Waals surface area contributed by atoms with Gasteiger partial charge in [0.15, 0.2) is 5.78 Å². The summed E-state index contributed by atoms with van der Waals surface area (Å²) in [6.45, 7) is 6.94. The number of para-hydroxylation sites is 1. The fourth-order valence-corrected chi connectivity index (χ4v) is 3.69. The highest BCUT2D eigenvalue weighted by Crippen LogP contribution is 2.46. The molecule has 0 radical (unpaired) electrons. The number of rotatable bonds is 0. The average molecular weight is 257 g/mol. The van der Waals surface area contributed by atoms with E-state index in [9.17, 15) is 4.79 Å². The third-order valence-corrected chi connectivity index (χ3v) is 5.04. The molecule has 0 bridgehead atoms. The van der Waals surface area contributed by atoms with Crippen LogP contribution in [0.2, 0.25) is 0 Å². The first-order valence-corrected chi connectivity index (χ1v) is 7.34. The van der Waals surface area contributed by atoms with E-state index in [0.717, 1.165) is 42.9 Å². The van der Waals surface area contributed by atoms with Crippen molar-refractivity contribution >= 4 is 11.5 Å². The minimum absolute atomic E-state index is 0.300. The van der Waals surface area contributed by atoms with E-state index in [-0.39, 0.29) is 5.54 Å². The molecule has 0 aromatic heterocycles. The van der Waals surface area contributed by atoms with Gasteiger partial charge in [0, 0.05) is 11.3 Å². The molecule has 2 aliphatic rings. The van der Waals surface area contributed by atoms with E-state index < -0.39 is 0 Å². The molecule has 0 unspecified atom stereocenters. The largest absolute Gasteiger partial charge is 0.372 e. The Kier molecular flexibility index (Phi) is 2.74. The van der Waals surface area contributed by atoms with Gasteiger partial charge in [-0.25, -0.2) is 0 Å². The number of carbonyl (C=O) groups excluding carboxylic acids is 1. The lowest BCUT2D eigenvalue weighted by Gasteiger charge is -2.41. The number of carbonyl (C=O) groups is 1. The Morgan fingerprint density at radius 3 is 2.37 bits per heavy atom. The van der Waals surface area contributed by atoms with Gasteiger partial charge in [0.05, 0.1) is 0 Å².